The Bertz CT molecular complexity index is 1380. The fraction of sp³-hybridized carbons (Fsp3) is 0.261. The number of hydrogen-bond acceptors (Lipinski definition) is 11. The number of carbonyl (C=O) groups excluding carboxylic acids is 1. The Morgan fingerprint density at radius 1 is 1.13 bits per heavy atom. The second-order valence-electron chi connectivity index (χ2n) is 7.91. The number of para-hydroxylation sites is 1. The van der Waals surface area contributed by atoms with E-state index in [9.17, 15) is 13.2 Å². The van der Waals surface area contributed by atoms with Crippen molar-refractivity contribution in [2.75, 3.05) is 31.3 Å². The zero-order valence-corrected chi connectivity index (χ0v) is 26.9. The Kier molecular flexibility index (Phi) is 10.1. The maximum absolute atomic E-state index is 12.8. The molecule has 0 unspecified atom stereocenters. The molecule has 0 aliphatic carbocycles. The molecule has 198 valence electrons. The Hall–Kier alpha value is -2.12. The molecule has 2 aliphatic rings. The Balaban J connectivity index is 1.51. The summed E-state index contributed by atoms with van der Waals surface area (Å²) in [5.74, 6) is -0.135. The summed E-state index contributed by atoms with van der Waals surface area (Å²) in [6.07, 6.45) is 0. The van der Waals surface area contributed by atoms with E-state index in [1.165, 1.54) is 31.7 Å². The van der Waals surface area contributed by atoms with Crippen molar-refractivity contribution in [3.8, 4) is 0 Å². The van der Waals surface area contributed by atoms with Gasteiger partial charge in [0.15, 0.2) is 0 Å². The average molecular weight is 768 g/mol. The zero-order chi connectivity index (χ0) is 27.1. The number of amidine groups is 1. The van der Waals surface area contributed by atoms with Gasteiger partial charge in [-0.15, -0.1) is 0 Å². The number of nitrogens with zero attached hydrogens (tertiary/aromatic N) is 5. The zero-order valence-electron chi connectivity index (χ0n) is 20.5. The van der Waals surface area contributed by atoms with Gasteiger partial charge in [0.25, 0.3) is 0 Å². The van der Waals surface area contributed by atoms with Crippen LogP contribution in [0, 0.1) is 5.41 Å². The second kappa shape index (κ2) is 13.3. The first-order valence-electron chi connectivity index (χ1n) is 11.4. The fourth-order valence-corrected chi connectivity index (χ4v) is 12.4. The molecular weight excluding hydrogens is 744 g/mol. The number of morpholine rings is 1. The van der Waals surface area contributed by atoms with Crippen LogP contribution in [0.5, 0.6) is 0 Å². The van der Waals surface area contributed by atoms with Crippen molar-refractivity contribution < 1.29 is 20.6 Å². The maximum atomic E-state index is 12.8. The Morgan fingerprint density at radius 3 is 2.47 bits per heavy atom. The van der Waals surface area contributed by atoms with Crippen molar-refractivity contribution in [2.24, 2.45) is 14.7 Å². The molecule has 0 saturated carbocycles. The summed E-state index contributed by atoms with van der Waals surface area (Å²) in [6.45, 7) is 4.60. The summed E-state index contributed by atoms with van der Waals surface area (Å²) in [5.41, 5.74) is 2.49. The second-order valence-corrected chi connectivity index (χ2v) is 16.8. The molecule has 2 aromatic rings. The van der Waals surface area contributed by atoms with Crippen LogP contribution in [0.2, 0.25) is 0 Å². The number of benzene rings is 2. The molecule has 0 spiro atoms. The van der Waals surface area contributed by atoms with Crippen molar-refractivity contribution in [3.05, 3.63) is 64.4 Å². The number of nitrogens with one attached hydrogen (secondary N) is 1. The monoisotopic (exact) mass is 768 g/mol. The molecule has 2 heterocycles. The van der Waals surface area contributed by atoms with Gasteiger partial charge in [0.2, 0.25) is 0 Å². The molecule has 2 aromatic carbocycles. The predicted molar refractivity (Wildman–Crippen MR) is 150 cm³/mol. The van der Waals surface area contributed by atoms with Gasteiger partial charge >= 0.3 is 224 Å². The van der Waals surface area contributed by atoms with Crippen molar-refractivity contribution in [1.82, 2.24) is 4.31 Å². The van der Waals surface area contributed by atoms with E-state index in [0.717, 1.165) is 17.6 Å². The molecule has 0 bridgehead atoms. The van der Waals surface area contributed by atoms with E-state index in [1.54, 1.807) is 17.1 Å². The number of carbonyl (C=O) groups is 1. The van der Waals surface area contributed by atoms with E-state index in [2.05, 4.69) is 14.7 Å². The van der Waals surface area contributed by atoms with Crippen molar-refractivity contribution in [3.63, 3.8) is 0 Å². The van der Waals surface area contributed by atoms with Crippen LogP contribution >= 0.6 is 20.3 Å². The number of hydrogen-bond donors (Lipinski definition) is 1. The third-order valence-corrected chi connectivity index (χ3v) is 16.0. The first kappa shape index (κ1) is 28.9. The standard InChI is InChI=1S/C21H22N6O3S3.C2H4O2.Pb/c1-15-19(20(22)27(24-15)17-5-3-2-4-6-17)21(31)32-25-23-16-7-9-18(10-8-16)33(28,29)26-11-13-30-14-12-26;1-2(3)4;/h2-10,22,31H,11-14H2,1H3;1H3,(H,3,4);/q;;+2/p-2/b21-19-,22-20?,25-23?;;. The first-order valence-corrected chi connectivity index (χ1v) is 20.7. The Morgan fingerprint density at radius 2 is 1.82 bits per heavy atom. The molecule has 0 amide bonds. The van der Waals surface area contributed by atoms with Gasteiger partial charge in [-0.3, -0.25) is 0 Å². The number of sulfonamides is 1. The van der Waals surface area contributed by atoms with Crippen LogP contribution < -0.4 is 5.01 Å². The van der Waals surface area contributed by atoms with E-state index in [-0.39, 0.29) is 16.7 Å². The van der Waals surface area contributed by atoms with Crippen LogP contribution in [-0.4, -0.2) is 79.7 Å². The molecule has 4 rings (SSSR count). The Labute approximate surface area is 240 Å². The number of anilines is 1. The molecule has 38 heavy (non-hydrogen) atoms. The van der Waals surface area contributed by atoms with Gasteiger partial charge in [-0.05, 0) is 0 Å². The van der Waals surface area contributed by atoms with Crippen molar-refractivity contribution >= 4 is 82.4 Å². The average Bonchev–Trinajstić information content (AvgIpc) is 3.22. The third kappa shape index (κ3) is 7.09. The summed E-state index contributed by atoms with van der Waals surface area (Å²) in [6, 6.07) is 15.6. The molecule has 1 N–H and O–H groups in total. The summed E-state index contributed by atoms with van der Waals surface area (Å²) in [7, 11) is -2.19. The summed E-state index contributed by atoms with van der Waals surface area (Å²) in [4.78, 5) is 11.5. The molecule has 1 saturated heterocycles. The number of rotatable bonds is 9. The molecule has 2 radical (unpaired) electrons. The molecule has 2 aliphatic heterocycles. The van der Waals surface area contributed by atoms with E-state index < -0.39 is 33.2 Å². The SMILES string of the molecule is CC(=O)[O][Pb][S]/C(SN=Nc1ccc(S(=O)(=O)N2CCOCC2)cc1)=C1/C(=N)N(c2ccccc2)N=C1C. The van der Waals surface area contributed by atoms with E-state index >= 15 is 0 Å². The van der Waals surface area contributed by atoms with Gasteiger partial charge < -0.3 is 4.74 Å². The molecular formula is C23H24N6O5PbS3. The van der Waals surface area contributed by atoms with Crippen molar-refractivity contribution in [2.45, 2.75) is 18.7 Å². The quantitative estimate of drug-likeness (QED) is 0.226. The van der Waals surface area contributed by atoms with Gasteiger partial charge in [0.05, 0.1) is 13.2 Å². The van der Waals surface area contributed by atoms with E-state index in [4.69, 9.17) is 12.8 Å². The van der Waals surface area contributed by atoms with Gasteiger partial charge in [-0.2, -0.15) is 0 Å². The van der Waals surface area contributed by atoms with Gasteiger partial charge in [0, 0.05) is 0 Å². The van der Waals surface area contributed by atoms with E-state index in [0.29, 0.717) is 47.5 Å². The number of ether oxygens (including phenoxy) is 1. The van der Waals surface area contributed by atoms with Gasteiger partial charge in [-0.1, -0.05) is 0 Å². The minimum atomic E-state index is -3.59. The summed E-state index contributed by atoms with van der Waals surface area (Å²) in [5, 5.41) is 19.1. The van der Waals surface area contributed by atoms with Crippen molar-refractivity contribution in [1.29, 1.82) is 5.41 Å². The van der Waals surface area contributed by atoms with Gasteiger partial charge in [-0.25, -0.2) is 0 Å². The third-order valence-electron chi connectivity index (χ3n) is 5.31. The fourth-order valence-electron chi connectivity index (χ4n) is 3.49. The van der Waals surface area contributed by atoms with E-state index in [1.807, 2.05) is 37.3 Å². The van der Waals surface area contributed by atoms with Gasteiger partial charge in [0.1, 0.15) is 0 Å². The molecule has 0 atom stereocenters. The van der Waals surface area contributed by atoms with Crippen LogP contribution in [0.1, 0.15) is 13.8 Å². The van der Waals surface area contributed by atoms with Crippen LogP contribution in [0.15, 0.2) is 84.0 Å². The van der Waals surface area contributed by atoms with Crippen LogP contribution in [0.4, 0.5) is 11.4 Å². The molecule has 11 nitrogen and oxygen atoms in total. The summed E-state index contributed by atoms with van der Waals surface area (Å²) >= 11 is -0.802. The minimum absolute atomic E-state index is 0.186. The number of hydrazone groups is 1. The van der Waals surface area contributed by atoms with Crippen LogP contribution in [0.3, 0.4) is 0 Å². The predicted octanol–water partition coefficient (Wildman–Crippen LogP) is 4.35. The topological polar surface area (TPSA) is 137 Å². The molecule has 15 heteroatoms. The first-order chi connectivity index (χ1) is 18.3. The molecule has 0 aromatic heterocycles. The van der Waals surface area contributed by atoms with Crippen LogP contribution in [0.25, 0.3) is 0 Å². The van der Waals surface area contributed by atoms with Crippen LogP contribution in [-0.2, 0) is 22.2 Å². The normalized spacial score (nSPS) is 18.1. The summed E-state index contributed by atoms with van der Waals surface area (Å²) < 4.78 is 42.5. The molecule has 1 fully saturated rings.